The summed E-state index contributed by atoms with van der Waals surface area (Å²) < 4.78 is 0. The van der Waals surface area contributed by atoms with Crippen molar-refractivity contribution >= 4 is 22.3 Å². The van der Waals surface area contributed by atoms with E-state index in [0.717, 1.165) is 41.5 Å². The molecule has 2 rings (SSSR count). The molecule has 0 unspecified atom stereocenters. The minimum Gasteiger partial charge on any atom is -0.397 e. The van der Waals surface area contributed by atoms with Crippen LogP contribution in [0.15, 0.2) is 30.5 Å². The van der Waals surface area contributed by atoms with Crippen molar-refractivity contribution < 1.29 is 0 Å². The number of hydrogen-bond acceptors (Lipinski definition) is 3. The SMILES string of the molecule is CCC(CC)(CC)Nc1ccnc2c(N)cccc12. The van der Waals surface area contributed by atoms with Crippen LogP contribution >= 0.6 is 0 Å². The maximum absolute atomic E-state index is 6.00. The normalized spacial score (nSPS) is 11.7. The molecule has 0 aliphatic rings. The summed E-state index contributed by atoms with van der Waals surface area (Å²) in [4.78, 5) is 4.38. The number of nitrogens with one attached hydrogen (secondary N) is 1. The number of fused-ring (bicyclic) bond motifs is 1. The second-order valence-electron chi connectivity index (χ2n) is 5.07. The molecule has 0 bridgehead atoms. The van der Waals surface area contributed by atoms with Crippen molar-refractivity contribution in [2.75, 3.05) is 11.1 Å². The number of anilines is 2. The minimum absolute atomic E-state index is 0.152. The Bertz CT molecular complexity index is 551. The van der Waals surface area contributed by atoms with Crippen LogP contribution in [0.3, 0.4) is 0 Å². The van der Waals surface area contributed by atoms with Crippen molar-refractivity contribution in [1.82, 2.24) is 4.98 Å². The zero-order valence-corrected chi connectivity index (χ0v) is 12.0. The number of nitrogen functional groups attached to an aromatic ring is 1. The maximum atomic E-state index is 6.00. The quantitative estimate of drug-likeness (QED) is 0.789. The number of aromatic nitrogens is 1. The van der Waals surface area contributed by atoms with Crippen molar-refractivity contribution in [3.63, 3.8) is 0 Å². The highest BCUT2D eigenvalue weighted by Crippen LogP contribution is 2.31. The number of rotatable bonds is 5. The molecule has 3 N–H and O–H groups in total. The first-order valence-electron chi connectivity index (χ1n) is 7.07. The molecule has 0 saturated carbocycles. The van der Waals surface area contributed by atoms with E-state index in [1.54, 1.807) is 0 Å². The Balaban J connectivity index is 2.49. The van der Waals surface area contributed by atoms with Crippen LogP contribution in [0, 0.1) is 0 Å². The number of para-hydroxylation sites is 1. The van der Waals surface area contributed by atoms with Gasteiger partial charge in [0.05, 0.1) is 11.2 Å². The monoisotopic (exact) mass is 257 g/mol. The molecule has 19 heavy (non-hydrogen) atoms. The average Bonchev–Trinajstić information content (AvgIpc) is 2.46. The van der Waals surface area contributed by atoms with E-state index in [1.807, 2.05) is 24.4 Å². The van der Waals surface area contributed by atoms with Crippen molar-refractivity contribution in [2.24, 2.45) is 0 Å². The topological polar surface area (TPSA) is 50.9 Å². The molecular formula is C16H23N3. The van der Waals surface area contributed by atoms with Gasteiger partial charge in [-0.1, -0.05) is 32.9 Å². The Kier molecular flexibility index (Phi) is 3.93. The summed E-state index contributed by atoms with van der Waals surface area (Å²) in [5.41, 5.74) is 8.89. The second-order valence-corrected chi connectivity index (χ2v) is 5.07. The van der Waals surface area contributed by atoms with Crippen LogP contribution in [0.4, 0.5) is 11.4 Å². The number of pyridine rings is 1. The molecule has 1 aromatic carbocycles. The molecule has 3 nitrogen and oxygen atoms in total. The highest BCUT2D eigenvalue weighted by atomic mass is 15.0. The zero-order valence-electron chi connectivity index (χ0n) is 12.0. The largest absolute Gasteiger partial charge is 0.397 e. The van der Waals surface area contributed by atoms with Crippen LogP contribution in [-0.4, -0.2) is 10.5 Å². The third kappa shape index (κ3) is 2.50. The molecule has 3 heteroatoms. The van der Waals surface area contributed by atoms with E-state index in [9.17, 15) is 0 Å². The van der Waals surface area contributed by atoms with Gasteiger partial charge in [0.2, 0.25) is 0 Å². The number of hydrogen-bond donors (Lipinski definition) is 2. The molecule has 0 fully saturated rings. The van der Waals surface area contributed by atoms with Crippen LogP contribution in [0.25, 0.3) is 10.9 Å². The Hall–Kier alpha value is -1.77. The van der Waals surface area contributed by atoms with Crippen molar-refractivity contribution in [3.8, 4) is 0 Å². The van der Waals surface area contributed by atoms with Gasteiger partial charge in [0.25, 0.3) is 0 Å². The van der Waals surface area contributed by atoms with Crippen LogP contribution in [-0.2, 0) is 0 Å². The molecule has 0 spiro atoms. The summed E-state index contributed by atoms with van der Waals surface area (Å²) >= 11 is 0. The fourth-order valence-corrected chi connectivity index (χ4v) is 2.61. The van der Waals surface area contributed by atoms with Gasteiger partial charge in [-0.15, -0.1) is 0 Å². The predicted octanol–water partition coefficient (Wildman–Crippen LogP) is 4.20. The van der Waals surface area contributed by atoms with E-state index < -0.39 is 0 Å². The van der Waals surface area contributed by atoms with E-state index >= 15 is 0 Å². The highest BCUT2D eigenvalue weighted by Gasteiger charge is 2.24. The van der Waals surface area contributed by atoms with Gasteiger partial charge in [-0.25, -0.2) is 0 Å². The molecule has 102 valence electrons. The fourth-order valence-electron chi connectivity index (χ4n) is 2.61. The minimum atomic E-state index is 0.152. The fraction of sp³-hybridized carbons (Fsp3) is 0.438. The number of nitrogens with zero attached hydrogens (tertiary/aromatic N) is 1. The van der Waals surface area contributed by atoms with Gasteiger partial charge in [-0.2, -0.15) is 0 Å². The Morgan fingerprint density at radius 2 is 1.79 bits per heavy atom. The smallest absolute Gasteiger partial charge is 0.0951 e. The molecule has 0 saturated heterocycles. The first kappa shape index (κ1) is 13.7. The third-order valence-electron chi connectivity index (χ3n) is 4.23. The predicted molar refractivity (Wildman–Crippen MR) is 83.4 cm³/mol. The van der Waals surface area contributed by atoms with E-state index in [4.69, 9.17) is 5.73 Å². The molecule has 0 aliphatic carbocycles. The van der Waals surface area contributed by atoms with Gasteiger partial charge >= 0.3 is 0 Å². The van der Waals surface area contributed by atoms with Crippen molar-refractivity contribution in [1.29, 1.82) is 0 Å². The Morgan fingerprint density at radius 3 is 2.42 bits per heavy atom. The van der Waals surface area contributed by atoms with Gasteiger partial charge in [0, 0.05) is 22.8 Å². The van der Waals surface area contributed by atoms with Crippen LogP contribution in [0.1, 0.15) is 40.0 Å². The molecular weight excluding hydrogens is 234 g/mol. The lowest BCUT2D eigenvalue weighted by Crippen LogP contribution is -2.36. The highest BCUT2D eigenvalue weighted by molar-refractivity contribution is 5.97. The number of benzene rings is 1. The van der Waals surface area contributed by atoms with Gasteiger partial charge in [0.15, 0.2) is 0 Å². The van der Waals surface area contributed by atoms with Gasteiger partial charge < -0.3 is 11.1 Å². The third-order valence-corrected chi connectivity index (χ3v) is 4.23. The molecule has 0 atom stereocenters. The summed E-state index contributed by atoms with van der Waals surface area (Å²) in [5.74, 6) is 0. The Labute approximate surface area is 115 Å². The summed E-state index contributed by atoms with van der Waals surface area (Å²) in [6.07, 6.45) is 5.14. The molecule has 0 aliphatic heterocycles. The van der Waals surface area contributed by atoms with Gasteiger partial charge in [-0.05, 0) is 31.4 Å². The van der Waals surface area contributed by atoms with E-state index in [0.29, 0.717) is 0 Å². The Morgan fingerprint density at radius 1 is 1.11 bits per heavy atom. The molecule has 0 radical (unpaired) electrons. The second kappa shape index (κ2) is 5.47. The van der Waals surface area contributed by atoms with Crippen LogP contribution < -0.4 is 11.1 Å². The lowest BCUT2D eigenvalue weighted by atomic mass is 9.89. The first-order valence-corrected chi connectivity index (χ1v) is 7.07. The summed E-state index contributed by atoms with van der Waals surface area (Å²) in [5, 5.41) is 4.82. The van der Waals surface area contributed by atoms with Crippen LogP contribution in [0.2, 0.25) is 0 Å². The molecule has 1 heterocycles. The average molecular weight is 257 g/mol. The first-order chi connectivity index (χ1) is 9.15. The summed E-state index contributed by atoms with van der Waals surface area (Å²) in [6.45, 7) is 6.70. The van der Waals surface area contributed by atoms with Crippen molar-refractivity contribution in [2.45, 2.75) is 45.6 Å². The summed E-state index contributed by atoms with van der Waals surface area (Å²) in [7, 11) is 0. The summed E-state index contributed by atoms with van der Waals surface area (Å²) in [6, 6.07) is 7.99. The van der Waals surface area contributed by atoms with Gasteiger partial charge in [0.1, 0.15) is 0 Å². The molecule has 1 aromatic heterocycles. The van der Waals surface area contributed by atoms with Crippen LogP contribution in [0.5, 0.6) is 0 Å². The lowest BCUT2D eigenvalue weighted by Gasteiger charge is -2.33. The van der Waals surface area contributed by atoms with E-state index in [1.165, 1.54) is 0 Å². The standard InChI is InChI=1S/C16H23N3/c1-4-16(5-2,6-3)19-14-10-11-18-15-12(14)8-7-9-13(15)17/h7-11H,4-6,17H2,1-3H3,(H,18,19). The van der Waals surface area contributed by atoms with Gasteiger partial charge in [-0.3, -0.25) is 4.98 Å². The van der Waals surface area contributed by atoms with Crippen molar-refractivity contribution in [3.05, 3.63) is 30.5 Å². The lowest BCUT2D eigenvalue weighted by molar-refractivity contribution is 0.421. The molecule has 2 aromatic rings. The zero-order chi connectivity index (χ0) is 13.9. The van der Waals surface area contributed by atoms with E-state index in [-0.39, 0.29) is 5.54 Å². The number of nitrogens with two attached hydrogens (primary N) is 1. The maximum Gasteiger partial charge on any atom is 0.0951 e. The van der Waals surface area contributed by atoms with E-state index in [2.05, 4.69) is 37.1 Å². The molecule has 0 amide bonds.